The van der Waals surface area contributed by atoms with E-state index in [1.165, 1.54) is 10.9 Å². The Kier molecular flexibility index (Phi) is 4.26. The number of aromatic amines is 1. The van der Waals surface area contributed by atoms with Crippen LogP contribution in [0.1, 0.15) is 29.8 Å². The largest absolute Gasteiger partial charge is 0.361 e. The number of aromatic nitrogens is 1. The third-order valence-corrected chi connectivity index (χ3v) is 4.39. The molecule has 3 rings (SSSR count). The van der Waals surface area contributed by atoms with E-state index in [9.17, 15) is 4.79 Å². The van der Waals surface area contributed by atoms with Crippen molar-refractivity contribution in [1.29, 1.82) is 0 Å². The molecule has 0 saturated carbocycles. The number of fused-ring (bicyclic) bond motifs is 1. The molecule has 0 aliphatic carbocycles. The van der Waals surface area contributed by atoms with Crippen LogP contribution in [-0.4, -0.2) is 16.4 Å². The third-order valence-electron chi connectivity index (χ3n) is 3.87. The molecule has 0 atom stereocenters. The Morgan fingerprint density at radius 3 is 2.57 bits per heavy atom. The summed E-state index contributed by atoms with van der Waals surface area (Å²) in [5.74, 6) is -0.0534. The minimum atomic E-state index is -0.338. The van der Waals surface area contributed by atoms with Crippen LogP contribution in [0, 0.1) is 0 Å². The zero-order valence-electron chi connectivity index (χ0n) is 13.2. The van der Waals surface area contributed by atoms with Gasteiger partial charge in [-0.05, 0) is 56.2 Å². The van der Waals surface area contributed by atoms with Crippen LogP contribution in [0.4, 0.5) is 0 Å². The third kappa shape index (κ3) is 3.64. The summed E-state index contributed by atoms with van der Waals surface area (Å²) in [4.78, 5) is 15.7. The Hall–Kier alpha value is -2.07. The zero-order valence-corrected chi connectivity index (χ0v) is 14.8. The highest BCUT2D eigenvalue weighted by Gasteiger charge is 2.23. The van der Waals surface area contributed by atoms with Crippen molar-refractivity contribution in [2.45, 2.75) is 25.8 Å². The first kappa shape index (κ1) is 15.8. The summed E-state index contributed by atoms with van der Waals surface area (Å²) in [7, 11) is 0. The molecule has 0 bridgehead atoms. The molecule has 1 aromatic heterocycles. The zero-order chi connectivity index (χ0) is 16.4. The maximum atomic E-state index is 12.4. The van der Waals surface area contributed by atoms with Crippen LogP contribution in [0.5, 0.6) is 0 Å². The van der Waals surface area contributed by atoms with Crippen LogP contribution in [0.3, 0.4) is 0 Å². The van der Waals surface area contributed by atoms with E-state index in [1.54, 1.807) is 0 Å². The van der Waals surface area contributed by atoms with Gasteiger partial charge in [0.2, 0.25) is 0 Å². The van der Waals surface area contributed by atoms with Crippen LogP contribution in [-0.2, 0) is 6.42 Å². The average molecular weight is 371 g/mol. The Balaban J connectivity index is 1.76. The van der Waals surface area contributed by atoms with Gasteiger partial charge < -0.3 is 10.3 Å². The van der Waals surface area contributed by atoms with Crippen LogP contribution >= 0.6 is 15.9 Å². The molecule has 3 aromatic rings. The van der Waals surface area contributed by atoms with Gasteiger partial charge in [0, 0.05) is 32.7 Å². The van der Waals surface area contributed by atoms with Crippen LogP contribution < -0.4 is 5.32 Å². The first-order valence-electron chi connectivity index (χ1n) is 7.58. The number of hydrogen-bond acceptors (Lipinski definition) is 1. The molecule has 0 aliphatic heterocycles. The number of hydrogen-bond donors (Lipinski definition) is 2. The van der Waals surface area contributed by atoms with Gasteiger partial charge in [-0.1, -0.05) is 34.1 Å². The van der Waals surface area contributed by atoms with Crippen molar-refractivity contribution in [1.82, 2.24) is 10.3 Å². The lowest BCUT2D eigenvalue weighted by Gasteiger charge is -2.26. The summed E-state index contributed by atoms with van der Waals surface area (Å²) in [6.45, 7) is 4.09. The molecule has 1 heterocycles. The molecule has 2 aromatic carbocycles. The number of carbonyl (C=O) groups excluding carboxylic acids is 1. The molecule has 0 fully saturated rings. The number of benzene rings is 2. The van der Waals surface area contributed by atoms with Crippen LogP contribution in [0.25, 0.3) is 10.9 Å². The van der Waals surface area contributed by atoms with E-state index in [0.717, 1.165) is 16.4 Å². The second kappa shape index (κ2) is 6.20. The van der Waals surface area contributed by atoms with Gasteiger partial charge in [0.1, 0.15) is 0 Å². The lowest BCUT2D eigenvalue weighted by atomic mass is 9.94. The number of amides is 1. The van der Waals surface area contributed by atoms with E-state index in [1.807, 2.05) is 56.4 Å². The van der Waals surface area contributed by atoms with E-state index >= 15 is 0 Å². The average Bonchev–Trinajstić information content (AvgIpc) is 2.90. The van der Waals surface area contributed by atoms with Gasteiger partial charge in [0.15, 0.2) is 0 Å². The predicted molar refractivity (Wildman–Crippen MR) is 97.7 cm³/mol. The quantitative estimate of drug-likeness (QED) is 0.687. The van der Waals surface area contributed by atoms with Gasteiger partial charge in [-0.25, -0.2) is 0 Å². The Labute approximate surface area is 144 Å². The van der Waals surface area contributed by atoms with Crippen molar-refractivity contribution in [3.63, 3.8) is 0 Å². The molecule has 3 nitrogen and oxygen atoms in total. The summed E-state index contributed by atoms with van der Waals surface area (Å²) >= 11 is 3.38. The topological polar surface area (TPSA) is 44.9 Å². The van der Waals surface area contributed by atoms with Gasteiger partial charge in [0.05, 0.1) is 0 Å². The fraction of sp³-hybridized carbons (Fsp3) is 0.211. The smallest absolute Gasteiger partial charge is 0.251 e. The van der Waals surface area contributed by atoms with Crippen molar-refractivity contribution in [3.8, 4) is 0 Å². The molecule has 1 amide bonds. The molecular weight excluding hydrogens is 352 g/mol. The lowest BCUT2D eigenvalue weighted by molar-refractivity contribution is 0.0913. The van der Waals surface area contributed by atoms with Crippen molar-refractivity contribution >= 4 is 32.7 Å². The predicted octanol–water partition coefficient (Wildman–Crippen LogP) is 4.68. The SMILES string of the molecule is CC(C)(Cc1c[nH]c2ccccc12)NC(=O)c1ccc(Br)cc1. The van der Waals surface area contributed by atoms with Crippen molar-refractivity contribution in [3.05, 3.63) is 70.3 Å². The van der Waals surface area contributed by atoms with Crippen molar-refractivity contribution in [2.24, 2.45) is 0 Å². The van der Waals surface area contributed by atoms with Gasteiger partial charge in [-0.3, -0.25) is 4.79 Å². The van der Waals surface area contributed by atoms with E-state index in [4.69, 9.17) is 0 Å². The molecule has 4 heteroatoms. The first-order chi connectivity index (χ1) is 10.9. The van der Waals surface area contributed by atoms with Crippen molar-refractivity contribution < 1.29 is 4.79 Å². The fourth-order valence-corrected chi connectivity index (χ4v) is 3.04. The number of nitrogens with one attached hydrogen (secondary N) is 2. The standard InChI is InChI=1S/C19H19BrN2O/c1-19(2,22-18(23)13-7-9-15(20)10-8-13)11-14-12-21-17-6-4-3-5-16(14)17/h3-10,12,21H,11H2,1-2H3,(H,22,23). The maximum absolute atomic E-state index is 12.4. The lowest BCUT2D eigenvalue weighted by Crippen LogP contribution is -2.45. The Morgan fingerprint density at radius 1 is 1.13 bits per heavy atom. The molecule has 0 radical (unpaired) electrons. The minimum Gasteiger partial charge on any atom is -0.361 e. The highest BCUT2D eigenvalue weighted by Crippen LogP contribution is 2.22. The van der Waals surface area contributed by atoms with E-state index < -0.39 is 0 Å². The molecule has 23 heavy (non-hydrogen) atoms. The molecular formula is C19H19BrN2O. The number of rotatable bonds is 4. The summed E-state index contributed by atoms with van der Waals surface area (Å²) in [5.41, 5.74) is 2.66. The normalized spacial score (nSPS) is 11.6. The monoisotopic (exact) mass is 370 g/mol. The summed E-state index contributed by atoms with van der Waals surface area (Å²) in [6, 6.07) is 15.6. The van der Waals surface area contributed by atoms with E-state index in [-0.39, 0.29) is 11.4 Å². The number of para-hydroxylation sites is 1. The van der Waals surface area contributed by atoms with Crippen molar-refractivity contribution in [2.75, 3.05) is 0 Å². The van der Waals surface area contributed by atoms with E-state index in [2.05, 4.69) is 38.4 Å². The Morgan fingerprint density at radius 2 is 1.83 bits per heavy atom. The van der Waals surface area contributed by atoms with Gasteiger partial charge >= 0.3 is 0 Å². The summed E-state index contributed by atoms with van der Waals surface area (Å²) in [5, 5.41) is 4.33. The number of halogens is 1. The molecule has 2 N–H and O–H groups in total. The molecule has 118 valence electrons. The summed E-state index contributed by atoms with van der Waals surface area (Å²) in [6.07, 6.45) is 2.79. The minimum absolute atomic E-state index is 0.0534. The van der Waals surface area contributed by atoms with Crippen LogP contribution in [0.15, 0.2) is 59.2 Å². The molecule has 0 spiro atoms. The second-order valence-corrected chi connectivity index (χ2v) is 7.30. The summed E-state index contributed by atoms with van der Waals surface area (Å²) < 4.78 is 0.965. The highest BCUT2D eigenvalue weighted by atomic mass is 79.9. The molecule has 0 aliphatic rings. The molecule has 0 unspecified atom stereocenters. The van der Waals surface area contributed by atoms with Gasteiger partial charge in [0.25, 0.3) is 5.91 Å². The number of H-pyrrole nitrogens is 1. The van der Waals surface area contributed by atoms with Crippen LogP contribution in [0.2, 0.25) is 0 Å². The fourth-order valence-electron chi connectivity index (χ4n) is 2.78. The van der Waals surface area contributed by atoms with Gasteiger partial charge in [-0.15, -0.1) is 0 Å². The second-order valence-electron chi connectivity index (χ2n) is 6.38. The number of carbonyl (C=O) groups is 1. The highest BCUT2D eigenvalue weighted by molar-refractivity contribution is 9.10. The van der Waals surface area contributed by atoms with Gasteiger partial charge in [-0.2, -0.15) is 0 Å². The Bertz CT molecular complexity index is 834. The first-order valence-corrected chi connectivity index (χ1v) is 8.37. The molecule has 0 saturated heterocycles. The maximum Gasteiger partial charge on any atom is 0.251 e. The van der Waals surface area contributed by atoms with E-state index in [0.29, 0.717) is 5.56 Å².